The van der Waals surface area contributed by atoms with Gasteiger partial charge in [0.05, 0.1) is 12.3 Å². The molecule has 108 valence electrons. The summed E-state index contributed by atoms with van der Waals surface area (Å²) in [5.41, 5.74) is 0.786. The van der Waals surface area contributed by atoms with Gasteiger partial charge in [-0.15, -0.1) is 0 Å². The molecule has 0 bridgehead atoms. The van der Waals surface area contributed by atoms with Crippen molar-refractivity contribution in [1.82, 2.24) is 0 Å². The van der Waals surface area contributed by atoms with E-state index in [9.17, 15) is 0 Å². The molecule has 1 aromatic rings. The van der Waals surface area contributed by atoms with E-state index in [4.69, 9.17) is 4.74 Å². The molecule has 1 rings (SSSR count). The Bertz CT molecular complexity index is 321. The van der Waals surface area contributed by atoms with Gasteiger partial charge < -0.3 is 9.57 Å². The number of allylic oxidation sites excluding steroid dienone is 1. The number of hydrogen-bond acceptors (Lipinski definition) is 3. The second-order valence-electron chi connectivity index (χ2n) is 2.88. The standard InChI is InChI=1S/C12H15NO2.2C2H6/c1-3-11(13-14-2)9-10-15-12-7-5-4-6-8-12;2*1-2/h3-8H,1,9-10H2,2H3;2*1-2H3/b13-11+;;. The molecule has 1 aromatic carbocycles. The molecular weight excluding hydrogens is 238 g/mol. The zero-order valence-corrected chi connectivity index (χ0v) is 12.8. The van der Waals surface area contributed by atoms with Crippen molar-refractivity contribution in [3.63, 3.8) is 0 Å². The molecule has 0 fully saturated rings. The van der Waals surface area contributed by atoms with Crippen LogP contribution >= 0.6 is 0 Å². The maximum absolute atomic E-state index is 5.50. The van der Waals surface area contributed by atoms with E-state index < -0.39 is 0 Å². The molecule has 3 heteroatoms. The van der Waals surface area contributed by atoms with Crippen LogP contribution in [0.15, 0.2) is 48.1 Å². The molecule has 19 heavy (non-hydrogen) atoms. The Morgan fingerprint density at radius 1 is 1.16 bits per heavy atom. The molecule has 0 N–H and O–H groups in total. The van der Waals surface area contributed by atoms with Crippen LogP contribution in [0, 0.1) is 0 Å². The van der Waals surface area contributed by atoms with Crippen LogP contribution in [0.1, 0.15) is 34.1 Å². The van der Waals surface area contributed by atoms with Crippen LogP contribution in [0.4, 0.5) is 0 Å². The van der Waals surface area contributed by atoms with Gasteiger partial charge in [-0.05, 0) is 18.2 Å². The van der Waals surface area contributed by atoms with Gasteiger partial charge >= 0.3 is 0 Å². The Morgan fingerprint density at radius 3 is 2.21 bits per heavy atom. The highest BCUT2D eigenvalue weighted by atomic mass is 16.6. The van der Waals surface area contributed by atoms with Crippen LogP contribution in [0.5, 0.6) is 5.75 Å². The van der Waals surface area contributed by atoms with Crippen molar-refractivity contribution in [3.8, 4) is 5.75 Å². The maximum atomic E-state index is 5.50. The van der Waals surface area contributed by atoms with E-state index in [-0.39, 0.29) is 0 Å². The van der Waals surface area contributed by atoms with Crippen LogP contribution < -0.4 is 4.74 Å². The third-order valence-electron chi connectivity index (χ3n) is 1.81. The number of rotatable bonds is 6. The molecule has 0 spiro atoms. The molecule has 0 radical (unpaired) electrons. The largest absolute Gasteiger partial charge is 0.493 e. The fourth-order valence-electron chi connectivity index (χ4n) is 1.09. The van der Waals surface area contributed by atoms with Crippen LogP contribution in [0.2, 0.25) is 0 Å². The lowest BCUT2D eigenvalue weighted by Gasteiger charge is -2.05. The average molecular weight is 265 g/mol. The summed E-state index contributed by atoms with van der Waals surface area (Å²) in [6.45, 7) is 12.2. The lowest BCUT2D eigenvalue weighted by molar-refractivity contribution is 0.212. The van der Waals surface area contributed by atoms with Crippen LogP contribution in [-0.2, 0) is 4.84 Å². The fraction of sp³-hybridized carbons (Fsp3) is 0.438. The third kappa shape index (κ3) is 11.1. The summed E-state index contributed by atoms with van der Waals surface area (Å²) in [4.78, 5) is 4.66. The van der Waals surface area contributed by atoms with Crippen molar-refractivity contribution in [2.45, 2.75) is 34.1 Å². The molecule has 0 aliphatic rings. The summed E-state index contributed by atoms with van der Waals surface area (Å²) in [7, 11) is 1.52. The van der Waals surface area contributed by atoms with Crippen molar-refractivity contribution in [2.24, 2.45) is 5.16 Å². The molecule has 0 amide bonds. The highest BCUT2D eigenvalue weighted by Gasteiger charge is 1.96. The Morgan fingerprint density at radius 2 is 1.74 bits per heavy atom. The smallest absolute Gasteiger partial charge is 0.119 e. The minimum Gasteiger partial charge on any atom is -0.493 e. The molecule has 0 atom stereocenters. The first-order valence-corrected chi connectivity index (χ1v) is 6.77. The quantitative estimate of drug-likeness (QED) is 0.551. The number of para-hydroxylation sites is 1. The Kier molecular flexibility index (Phi) is 16.7. The number of oxime groups is 1. The number of hydrogen-bond donors (Lipinski definition) is 0. The molecular formula is C16H27NO2. The first-order valence-electron chi connectivity index (χ1n) is 6.77. The van der Waals surface area contributed by atoms with E-state index in [1.54, 1.807) is 6.08 Å². The van der Waals surface area contributed by atoms with Gasteiger partial charge in [0.2, 0.25) is 0 Å². The summed E-state index contributed by atoms with van der Waals surface area (Å²) in [5, 5.41) is 3.79. The van der Waals surface area contributed by atoms with Crippen LogP contribution in [-0.4, -0.2) is 19.4 Å². The summed E-state index contributed by atoms with van der Waals surface area (Å²) >= 11 is 0. The van der Waals surface area contributed by atoms with E-state index in [0.29, 0.717) is 13.0 Å². The lowest BCUT2D eigenvalue weighted by atomic mass is 10.3. The summed E-state index contributed by atoms with van der Waals surface area (Å²) < 4.78 is 5.50. The summed E-state index contributed by atoms with van der Waals surface area (Å²) in [6, 6.07) is 9.66. The van der Waals surface area contributed by atoms with E-state index in [1.165, 1.54) is 7.11 Å². The fourth-order valence-corrected chi connectivity index (χ4v) is 1.09. The van der Waals surface area contributed by atoms with Gasteiger partial charge in [0.15, 0.2) is 0 Å². The van der Waals surface area contributed by atoms with Gasteiger partial charge in [0.1, 0.15) is 12.9 Å². The highest BCUT2D eigenvalue weighted by molar-refractivity contribution is 5.94. The first kappa shape index (κ1) is 19.6. The minimum absolute atomic E-state index is 0.568. The maximum Gasteiger partial charge on any atom is 0.119 e. The van der Waals surface area contributed by atoms with E-state index >= 15 is 0 Å². The predicted octanol–water partition coefficient (Wildman–Crippen LogP) is 4.70. The van der Waals surface area contributed by atoms with Crippen LogP contribution in [0.3, 0.4) is 0 Å². The number of nitrogens with zero attached hydrogens (tertiary/aromatic N) is 1. The van der Waals surface area contributed by atoms with Gasteiger partial charge in [-0.1, -0.05) is 57.6 Å². The molecule has 0 aromatic heterocycles. The van der Waals surface area contributed by atoms with Gasteiger partial charge in [-0.2, -0.15) is 0 Å². The van der Waals surface area contributed by atoms with Crippen molar-refractivity contribution in [2.75, 3.05) is 13.7 Å². The molecule has 0 heterocycles. The van der Waals surface area contributed by atoms with Crippen molar-refractivity contribution in [1.29, 1.82) is 0 Å². The zero-order chi connectivity index (χ0) is 14.9. The molecule has 0 aliphatic heterocycles. The van der Waals surface area contributed by atoms with Gasteiger partial charge in [-0.25, -0.2) is 0 Å². The van der Waals surface area contributed by atoms with Gasteiger partial charge in [-0.3, -0.25) is 0 Å². The van der Waals surface area contributed by atoms with Crippen molar-refractivity contribution >= 4 is 5.71 Å². The monoisotopic (exact) mass is 265 g/mol. The lowest BCUT2D eigenvalue weighted by Crippen LogP contribution is -2.04. The Balaban J connectivity index is 0. The first-order chi connectivity index (χ1) is 9.36. The van der Waals surface area contributed by atoms with Crippen molar-refractivity contribution in [3.05, 3.63) is 43.0 Å². The van der Waals surface area contributed by atoms with E-state index in [1.807, 2.05) is 58.0 Å². The number of benzene rings is 1. The van der Waals surface area contributed by atoms with E-state index in [0.717, 1.165) is 11.5 Å². The van der Waals surface area contributed by atoms with Gasteiger partial charge in [0.25, 0.3) is 0 Å². The molecule has 0 saturated heterocycles. The summed E-state index contributed by atoms with van der Waals surface area (Å²) in [6.07, 6.45) is 2.35. The molecule has 0 unspecified atom stereocenters. The molecule has 0 saturated carbocycles. The second-order valence-corrected chi connectivity index (χ2v) is 2.88. The highest BCUT2D eigenvalue weighted by Crippen LogP contribution is 2.08. The molecule has 0 aliphatic carbocycles. The third-order valence-corrected chi connectivity index (χ3v) is 1.81. The Labute approximate surface area is 117 Å². The van der Waals surface area contributed by atoms with Gasteiger partial charge in [0, 0.05) is 6.42 Å². The van der Waals surface area contributed by atoms with Crippen molar-refractivity contribution < 1.29 is 9.57 Å². The van der Waals surface area contributed by atoms with E-state index in [2.05, 4.69) is 16.6 Å². The minimum atomic E-state index is 0.568. The summed E-state index contributed by atoms with van der Waals surface area (Å²) in [5.74, 6) is 0.860. The second kappa shape index (κ2) is 16.2. The average Bonchev–Trinajstić information content (AvgIpc) is 2.51. The topological polar surface area (TPSA) is 30.8 Å². The normalized spacial score (nSPS) is 9.21. The Hall–Kier alpha value is -1.77. The number of ether oxygens (including phenoxy) is 1. The SMILES string of the molecule is C=C/C(CCOc1ccccc1)=N\OC.CC.CC. The predicted molar refractivity (Wildman–Crippen MR) is 83.9 cm³/mol. The molecule has 3 nitrogen and oxygen atoms in total. The zero-order valence-electron chi connectivity index (χ0n) is 12.8. The van der Waals surface area contributed by atoms with Crippen LogP contribution in [0.25, 0.3) is 0 Å².